The van der Waals surface area contributed by atoms with Crippen molar-refractivity contribution >= 4 is 48.1 Å². The minimum Gasteiger partial charge on any atom is -0.505 e. The summed E-state index contributed by atoms with van der Waals surface area (Å²) < 4.78 is 66.0. The molecule has 3 aromatic carbocycles. The maximum absolute atomic E-state index is 11.9. The Kier molecular flexibility index (Phi) is 5.52. The van der Waals surface area contributed by atoms with Gasteiger partial charge in [0.2, 0.25) is 0 Å². The van der Waals surface area contributed by atoms with Gasteiger partial charge in [0.15, 0.2) is 5.75 Å². The van der Waals surface area contributed by atoms with Crippen LogP contribution < -0.4 is 5.32 Å². The highest BCUT2D eigenvalue weighted by Crippen LogP contribution is 2.42. The lowest BCUT2D eigenvalue weighted by molar-refractivity contribution is 0.472. The van der Waals surface area contributed by atoms with Crippen LogP contribution in [0.1, 0.15) is 5.56 Å². The first-order valence-corrected chi connectivity index (χ1v) is 11.2. The molecule has 0 saturated carbocycles. The number of phenolic OH excluding ortho intramolecular Hbond substituents is 1. The third kappa shape index (κ3) is 4.26. The molecule has 12 heteroatoms. The van der Waals surface area contributed by atoms with Crippen LogP contribution in [0.15, 0.2) is 62.5 Å². The first-order valence-electron chi connectivity index (χ1n) is 8.36. The molecular weight excluding hydrogens is 434 g/mol. The van der Waals surface area contributed by atoms with E-state index in [1.807, 2.05) is 0 Å². The van der Waals surface area contributed by atoms with Gasteiger partial charge in [0, 0.05) is 18.1 Å². The number of aryl methyl sites for hydroxylation is 1. The Labute approximate surface area is 172 Å². The van der Waals surface area contributed by atoms with Gasteiger partial charge in [-0.05, 0) is 54.3 Å². The fourth-order valence-corrected chi connectivity index (χ4v) is 4.18. The van der Waals surface area contributed by atoms with Gasteiger partial charge in [-0.25, -0.2) is 0 Å². The number of nitrogens with one attached hydrogen (secondary N) is 1. The Morgan fingerprint density at radius 2 is 1.53 bits per heavy atom. The quantitative estimate of drug-likeness (QED) is 0.336. The molecule has 0 fully saturated rings. The van der Waals surface area contributed by atoms with Crippen molar-refractivity contribution in [1.29, 1.82) is 0 Å². The average Bonchev–Trinajstić information content (AvgIpc) is 2.66. The number of benzene rings is 3. The molecule has 0 radical (unpaired) electrons. The van der Waals surface area contributed by atoms with Crippen LogP contribution in [0.2, 0.25) is 0 Å². The van der Waals surface area contributed by atoms with Crippen molar-refractivity contribution in [2.24, 2.45) is 10.2 Å². The smallest absolute Gasteiger partial charge is 0.296 e. The second kappa shape index (κ2) is 7.65. The van der Waals surface area contributed by atoms with Gasteiger partial charge in [-0.3, -0.25) is 9.11 Å². The number of hydrogen-bond donors (Lipinski definition) is 4. The maximum Gasteiger partial charge on any atom is 0.296 e. The van der Waals surface area contributed by atoms with Gasteiger partial charge in [-0.15, -0.1) is 10.2 Å². The topological polar surface area (TPSA) is 166 Å². The fraction of sp³-hybridized carbons (Fsp3) is 0.111. The van der Waals surface area contributed by atoms with E-state index in [0.717, 1.165) is 12.1 Å². The molecule has 0 aliphatic rings. The molecule has 0 bridgehead atoms. The molecule has 0 aromatic heterocycles. The third-order valence-electron chi connectivity index (χ3n) is 4.27. The zero-order chi connectivity index (χ0) is 22.3. The summed E-state index contributed by atoms with van der Waals surface area (Å²) in [6.45, 7) is 1.60. The van der Waals surface area contributed by atoms with E-state index in [0.29, 0.717) is 16.6 Å². The molecule has 10 nitrogen and oxygen atoms in total. The number of hydrogen-bond acceptors (Lipinski definition) is 8. The summed E-state index contributed by atoms with van der Waals surface area (Å²) in [5.41, 5.74) is 0.294. The first-order chi connectivity index (χ1) is 13.9. The summed E-state index contributed by atoms with van der Waals surface area (Å²) >= 11 is 0. The lowest BCUT2D eigenvalue weighted by Crippen LogP contribution is -2.00. The predicted molar refractivity (Wildman–Crippen MR) is 110 cm³/mol. The Bertz CT molecular complexity index is 1400. The summed E-state index contributed by atoms with van der Waals surface area (Å²) in [6, 6.07) is 9.73. The number of phenols is 1. The van der Waals surface area contributed by atoms with Crippen molar-refractivity contribution in [3.63, 3.8) is 0 Å². The van der Waals surface area contributed by atoms with Crippen LogP contribution in [-0.2, 0) is 20.2 Å². The summed E-state index contributed by atoms with van der Waals surface area (Å²) in [6.07, 6.45) is 0. The van der Waals surface area contributed by atoms with Crippen molar-refractivity contribution in [2.45, 2.75) is 16.7 Å². The number of nitrogens with zero attached hydrogens (tertiary/aromatic N) is 2. The van der Waals surface area contributed by atoms with Crippen LogP contribution in [0.3, 0.4) is 0 Å². The number of rotatable bonds is 5. The number of aromatic hydroxyl groups is 1. The van der Waals surface area contributed by atoms with Crippen LogP contribution in [0.5, 0.6) is 5.75 Å². The van der Waals surface area contributed by atoms with Crippen LogP contribution >= 0.6 is 0 Å². The number of fused-ring (bicyclic) bond motifs is 1. The molecule has 0 atom stereocenters. The predicted octanol–water partition coefficient (Wildman–Crippen LogP) is 3.80. The van der Waals surface area contributed by atoms with Crippen molar-refractivity contribution in [2.75, 3.05) is 12.4 Å². The van der Waals surface area contributed by atoms with E-state index < -0.39 is 41.5 Å². The van der Waals surface area contributed by atoms with Crippen LogP contribution in [0.4, 0.5) is 17.1 Å². The highest BCUT2D eigenvalue weighted by atomic mass is 32.2. The zero-order valence-electron chi connectivity index (χ0n) is 15.7. The highest BCUT2D eigenvalue weighted by molar-refractivity contribution is 7.86. The Morgan fingerprint density at radius 1 is 0.867 bits per heavy atom. The molecule has 0 spiro atoms. The van der Waals surface area contributed by atoms with Crippen molar-refractivity contribution in [3.8, 4) is 5.75 Å². The van der Waals surface area contributed by atoms with Crippen molar-refractivity contribution in [1.82, 2.24) is 0 Å². The molecule has 0 aliphatic carbocycles. The zero-order valence-corrected chi connectivity index (χ0v) is 17.4. The highest BCUT2D eigenvalue weighted by Gasteiger charge is 2.23. The molecule has 30 heavy (non-hydrogen) atoms. The van der Waals surface area contributed by atoms with Gasteiger partial charge in [0.05, 0.1) is 0 Å². The summed E-state index contributed by atoms with van der Waals surface area (Å²) in [5, 5.41) is 21.4. The van der Waals surface area contributed by atoms with Crippen LogP contribution in [0, 0.1) is 6.92 Å². The second-order valence-electron chi connectivity index (χ2n) is 6.38. The van der Waals surface area contributed by atoms with Crippen LogP contribution in [0.25, 0.3) is 10.8 Å². The summed E-state index contributed by atoms with van der Waals surface area (Å²) in [7, 11) is -7.81. The molecular formula is C18H17N3O7S2. The Morgan fingerprint density at radius 3 is 2.13 bits per heavy atom. The third-order valence-corrected chi connectivity index (χ3v) is 6.02. The molecule has 0 heterocycles. The molecule has 158 valence electrons. The van der Waals surface area contributed by atoms with Gasteiger partial charge >= 0.3 is 0 Å². The van der Waals surface area contributed by atoms with Crippen LogP contribution in [-0.4, -0.2) is 38.1 Å². The Hall–Kier alpha value is -3.06. The lowest BCUT2D eigenvalue weighted by atomic mass is 10.1. The van der Waals surface area contributed by atoms with E-state index in [1.165, 1.54) is 18.2 Å². The van der Waals surface area contributed by atoms with Crippen molar-refractivity contribution < 1.29 is 31.0 Å². The minimum absolute atomic E-state index is 0.231. The largest absolute Gasteiger partial charge is 0.505 e. The normalized spacial score (nSPS) is 12.5. The summed E-state index contributed by atoms with van der Waals surface area (Å²) in [5.74, 6) is -0.577. The second-order valence-corrected chi connectivity index (χ2v) is 9.16. The molecule has 0 amide bonds. The summed E-state index contributed by atoms with van der Waals surface area (Å²) in [4.78, 5) is -1.26. The lowest BCUT2D eigenvalue weighted by Gasteiger charge is -2.10. The van der Waals surface area contributed by atoms with E-state index in [2.05, 4.69) is 15.5 Å². The van der Waals surface area contributed by atoms with E-state index in [-0.39, 0.29) is 11.1 Å². The monoisotopic (exact) mass is 451 g/mol. The fourth-order valence-electron chi connectivity index (χ4n) is 2.81. The van der Waals surface area contributed by atoms with E-state index in [1.54, 1.807) is 26.1 Å². The SMILES string of the molecule is CNc1ccc2c(O)c(N=Nc3ccc(C)cc3S(=O)(=O)O)c(S(=O)(=O)O)cc2c1. The van der Waals surface area contributed by atoms with Gasteiger partial charge in [-0.2, -0.15) is 16.8 Å². The Balaban J connectivity index is 2.28. The van der Waals surface area contributed by atoms with E-state index in [4.69, 9.17) is 0 Å². The van der Waals surface area contributed by atoms with Gasteiger partial charge in [0.1, 0.15) is 21.2 Å². The average molecular weight is 451 g/mol. The maximum atomic E-state index is 11.9. The van der Waals surface area contributed by atoms with Gasteiger partial charge in [0.25, 0.3) is 20.2 Å². The molecule has 0 unspecified atom stereocenters. The van der Waals surface area contributed by atoms with E-state index in [9.17, 15) is 31.0 Å². The standard InChI is InChI=1S/C18H17N3O7S2/c1-10-3-6-14(15(7-10)29(23,24)25)20-21-17-16(30(26,27)28)9-11-8-12(19-2)4-5-13(11)18(17)22/h3-9,19,22H,1-2H3,(H,23,24,25)(H,26,27,28). The van der Waals surface area contributed by atoms with E-state index >= 15 is 0 Å². The first kappa shape index (κ1) is 21.6. The van der Waals surface area contributed by atoms with Crippen molar-refractivity contribution in [3.05, 3.63) is 48.0 Å². The number of anilines is 1. The molecule has 3 rings (SSSR count). The minimum atomic E-state index is -4.82. The number of azo groups is 1. The molecule has 3 aromatic rings. The molecule has 0 saturated heterocycles. The van der Waals surface area contributed by atoms with Gasteiger partial charge in [-0.1, -0.05) is 6.07 Å². The molecule has 0 aliphatic heterocycles. The van der Waals surface area contributed by atoms with Gasteiger partial charge < -0.3 is 10.4 Å². The molecule has 4 N–H and O–H groups in total.